The van der Waals surface area contributed by atoms with E-state index in [-0.39, 0.29) is 36.0 Å². The molecule has 1 aromatic heterocycles. The average Bonchev–Trinajstić information content (AvgIpc) is 3.04. The molecule has 3 aliphatic rings. The first-order chi connectivity index (χ1) is 21.2. The minimum absolute atomic E-state index is 0.00364. The summed E-state index contributed by atoms with van der Waals surface area (Å²) < 4.78 is 41.4. The minimum atomic E-state index is -4.85. The van der Waals surface area contributed by atoms with Crippen molar-refractivity contribution in [2.24, 2.45) is 0 Å². The van der Waals surface area contributed by atoms with Gasteiger partial charge in [0.2, 0.25) is 5.82 Å². The molecule has 2 saturated heterocycles. The second-order valence-electron chi connectivity index (χ2n) is 11.7. The molecule has 0 radical (unpaired) electrons. The van der Waals surface area contributed by atoms with Crippen molar-refractivity contribution in [1.29, 1.82) is 0 Å². The maximum Gasteiger partial charge on any atom is 0.451 e. The molecule has 2 N–H and O–H groups in total. The molecule has 9 nitrogen and oxygen atoms in total. The smallest absolute Gasteiger partial charge is 0.390 e. The zero-order valence-electron chi connectivity index (χ0n) is 24.2. The van der Waals surface area contributed by atoms with Crippen LogP contribution in [0.3, 0.4) is 0 Å². The second-order valence-corrected chi connectivity index (χ2v) is 11.7. The van der Waals surface area contributed by atoms with Crippen LogP contribution < -0.4 is 5.32 Å². The monoisotopic (exact) mass is 608 g/mol. The Balaban J connectivity index is 1.10. The Kier molecular flexibility index (Phi) is 8.55. The Hall–Kier alpha value is -4.03. The third-order valence-corrected chi connectivity index (χ3v) is 8.82. The third-order valence-electron chi connectivity index (χ3n) is 8.82. The summed E-state index contributed by atoms with van der Waals surface area (Å²) in [7, 11) is 0. The number of hydrogen-bond acceptors (Lipinski definition) is 7. The molecule has 4 heterocycles. The SMILES string of the molecule is O=C(c1ccccc1)N1CCC(Nc2cc(C(=O)N3CC[C@@H](N4CCc5ccccc5C4)[C@H](O)C3)nc(C(F)(F)F)n2)CC1. The lowest BCUT2D eigenvalue weighted by molar-refractivity contribution is -0.144. The first kappa shape index (κ1) is 30.0. The molecule has 3 aromatic rings. The number of halogens is 3. The van der Waals surface area contributed by atoms with Gasteiger partial charge in [0.15, 0.2) is 0 Å². The van der Waals surface area contributed by atoms with Gasteiger partial charge >= 0.3 is 6.18 Å². The molecule has 0 saturated carbocycles. The first-order valence-electron chi connectivity index (χ1n) is 15.0. The summed E-state index contributed by atoms with van der Waals surface area (Å²) in [5.74, 6) is -2.25. The Labute approximate surface area is 253 Å². The topological polar surface area (TPSA) is 102 Å². The standard InChI is InChI=1S/C32H35F3N6O3/c33-32(34,35)31-37-25(18-28(38-31)36-24-11-15-39(16-12-24)29(43)22-7-2-1-3-8-22)30(44)41-17-13-26(27(42)20-41)40-14-10-21-6-4-5-9-23(21)19-40/h1-9,18,24,26-27,42H,10-17,19-20H2,(H,36,37,38)/t26-,27-/m1/s1. The van der Waals surface area contributed by atoms with E-state index < -0.39 is 24.0 Å². The highest BCUT2D eigenvalue weighted by molar-refractivity contribution is 5.94. The number of anilines is 1. The lowest BCUT2D eigenvalue weighted by Gasteiger charge is -2.43. The van der Waals surface area contributed by atoms with Crippen molar-refractivity contribution in [3.05, 3.63) is 88.9 Å². The Morgan fingerprint density at radius 2 is 1.52 bits per heavy atom. The van der Waals surface area contributed by atoms with E-state index in [1.807, 2.05) is 18.2 Å². The Bertz CT molecular complexity index is 1500. The molecular formula is C32H35F3N6O3. The molecule has 2 aromatic carbocycles. The summed E-state index contributed by atoms with van der Waals surface area (Å²) in [4.78, 5) is 38.8. The fraction of sp³-hybridized carbons (Fsp3) is 0.438. The Morgan fingerprint density at radius 3 is 2.23 bits per heavy atom. The van der Waals surface area contributed by atoms with Crippen LogP contribution in [0.4, 0.5) is 19.0 Å². The zero-order valence-corrected chi connectivity index (χ0v) is 24.2. The highest BCUT2D eigenvalue weighted by Gasteiger charge is 2.39. The molecule has 0 spiro atoms. The number of nitrogens with zero attached hydrogens (tertiary/aromatic N) is 5. The van der Waals surface area contributed by atoms with Crippen LogP contribution in [0.25, 0.3) is 0 Å². The molecular weight excluding hydrogens is 573 g/mol. The van der Waals surface area contributed by atoms with Crippen LogP contribution in [-0.2, 0) is 19.1 Å². The second kappa shape index (κ2) is 12.5. The lowest BCUT2D eigenvalue weighted by Crippen LogP contribution is -2.56. The highest BCUT2D eigenvalue weighted by Crippen LogP contribution is 2.30. The lowest BCUT2D eigenvalue weighted by atomic mass is 9.94. The van der Waals surface area contributed by atoms with Gasteiger partial charge in [-0.05, 0) is 48.9 Å². The minimum Gasteiger partial charge on any atom is -0.390 e. The summed E-state index contributed by atoms with van der Waals surface area (Å²) in [5.41, 5.74) is 2.73. The predicted molar refractivity (Wildman–Crippen MR) is 157 cm³/mol. The number of benzene rings is 2. The molecule has 232 valence electrons. The number of amides is 2. The van der Waals surface area contributed by atoms with Gasteiger partial charge in [-0.25, -0.2) is 9.97 Å². The fourth-order valence-electron chi connectivity index (χ4n) is 6.45. The predicted octanol–water partition coefficient (Wildman–Crippen LogP) is 3.85. The molecule has 2 fully saturated rings. The maximum absolute atomic E-state index is 13.8. The van der Waals surface area contributed by atoms with E-state index >= 15 is 0 Å². The van der Waals surface area contributed by atoms with Gasteiger partial charge in [0.25, 0.3) is 11.8 Å². The van der Waals surface area contributed by atoms with Crippen LogP contribution in [0.2, 0.25) is 0 Å². The quantitative estimate of drug-likeness (QED) is 0.454. The number of rotatable bonds is 5. The van der Waals surface area contributed by atoms with Crippen molar-refractivity contribution in [1.82, 2.24) is 24.7 Å². The van der Waals surface area contributed by atoms with E-state index in [1.54, 1.807) is 29.2 Å². The first-order valence-corrected chi connectivity index (χ1v) is 15.0. The number of aliphatic hydroxyl groups is 1. The van der Waals surface area contributed by atoms with Crippen molar-refractivity contribution < 1.29 is 27.9 Å². The zero-order chi connectivity index (χ0) is 30.8. The van der Waals surface area contributed by atoms with E-state index in [9.17, 15) is 27.9 Å². The number of carbonyl (C=O) groups is 2. The van der Waals surface area contributed by atoms with Crippen LogP contribution >= 0.6 is 0 Å². The van der Waals surface area contributed by atoms with E-state index in [0.717, 1.165) is 13.0 Å². The molecule has 12 heteroatoms. The van der Waals surface area contributed by atoms with Crippen molar-refractivity contribution in [3.8, 4) is 0 Å². The van der Waals surface area contributed by atoms with Crippen molar-refractivity contribution in [2.45, 2.75) is 56.6 Å². The molecule has 0 aliphatic carbocycles. The number of fused-ring (bicyclic) bond motifs is 1. The summed E-state index contributed by atoms with van der Waals surface area (Å²) in [6.45, 7) is 2.67. The molecule has 44 heavy (non-hydrogen) atoms. The van der Waals surface area contributed by atoms with Gasteiger partial charge in [-0.1, -0.05) is 42.5 Å². The van der Waals surface area contributed by atoms with E-state index in [4.69, 9.17) is 0 Å². The van der Waals surface area contributed by atoms with Crippen LogP contribution in [-0.4, -0.2) is 92.5 Å². The third kappa shape index (κ3) is 6.56. The van der Waals surface area contributed by atoms with Crippen LogP contribution in [0.1, 0.15) is 57.1 Å². The summed E-state index contributed by atoms with van der Waals surface area (Å²) in [6.07, 6.45) is -3.31. The summed E-state index contributed by atoms with van der Waals surface area (Å²) in [6, 6.07) is 18.0. The van der Waals surface area contributed by atoms with Crippen LogP contribution in [0.15, 0.2) is 60.7 Å². The van der Waals surface area contributed by atoms with Crippen molar-refractivity contribution in [3.63, 3.8) is 0 Å². The number of carbonyl (C=O) groups excluding carboxylic acids is 2. The number of piperidine rings is 2. The van der Waals surface area contributed by atoms with E-state index in [0.29, 0.717) is 51.0 Å². The summed E-state index contributed by atoms with van der Waals surface area (Å²) >= 11 is 0. The summed E-state index contributed by atoms with van der Waals surface area (Å²) in [5, 5.41) is 14.1. The highest BCUT2D eigenvalue weighted by atomic mass is 19.4. The van der Waals surface area contributed by atoms with Gasteiger partial charge in [-0.15, -0.1) is 0 Å². The Morgan fingerprint density at radius 1 is 0.841 bits per heavy atom. The maximum atomic E-state index is 13.8. The van der Waals surface area contributed by atoms with Gasteiger partial charge < -0.3 is 20.2 Å². The van der Waals surface area contributed by atoms with Gasteiger partial charge in [-0.2, -0.15) is 13.2 Å². The van der Waals surface area contributed by atoms with Crippen molar-refractivity contribution >= 4 is 17.6 Å². The normalized spacial score (nSPS) is 21.5. The molecule has 3 aliphatic heterocycles. The molecule has 0 unspecified atom stereocenters. The van der Waals surface area contributed by atoms with Gasteiger partial charge in [0.05, 0.1) is 6.10 Å². The number of alkyl halides is 3. The van der Waals surface area contributed by atoms with Crippen molar-refractivity contribution in [2.75, 3.05) is 38.0 Å². The molecule has 2 atom stereocenters. The number of aliphatic hydroxyl groups excluding tert-OH is 1. The number of nitrogens with one attached hydrogen (secondary N) is 1. The molecule has 2 amide bonds. The van der Waals surface area contributed by atoms with E-state index in [1.165, 1.54) is 22.1 Å². The largest absolute Gasteiger partial charge is 0.451 e. The van der Waals surface area contributed by atoms with Crippen LogP contribution in [0, 0.1) is 0 Å². The number of aromatic nitrogens is 2. The fourth-order valence-corrected chi connectivity index (χ4v) is 6.45. The van der Waals surface area contributed by atoms with Gasteiger partial charge in [-0.3, -0.25) is 14.5 Å². The number of hydrogen-bond donors (Lipinski definition) is 2. The van der Waals surface area contributed by atoms with Gasteiger partial charge in [0.1, 0.15) is 11.5 Å². The number of likely N-dealkylation sites (tertiary alicyclic amines) is 2. The average molecular weight is 609 g/mol. The van der Waals surface area contributed by atoms with Gasteiger partial charge in [0, 0.05) is 63.0 Å². The molecule has 0 bridgehead atoms. The van der Waals surface area contributed by atoms with E-state index in [2.05, 4.69) is 32.3 Å². The number of β-amino-alcohol motifs (C(OH)–C–C–N with tert-alkyl or cyclic N) is 1. The molecule has 6 rings (SSSR count). The van der Waals surface area contributed by atoms with Crippen LogP contribution in [0.5, 0.6) is 0 Å².